The normalized spacial score (nSPS) is 10.8. The van der Waals surface area contributed by atoms with Crippen molar-refractivity contribution in [3.05, 3.63) is 25.6 Å². The number of benzene rings is 1. The molecule has 0 bridgehead atoms. The molecule has 0 saturated heterocycles. The molecule has 2 rings (SSSR count). The molecule has 0 aliphatic heterocycles. The van der Waals surface area contributed by atoms with Crippen LogP contribution in [-0.2, 0) is 0 Å². The van der Waals surface area contributed by atoms with Crippen molar-refractivity contribution in [3.8, 4) is 5.75 Å². The SMILES string of the molecule is CCOc1cc(Br)c2cc(I)sc2c1. The molecule has 74 valence electrons. The van der Waals surface area contributed by atoms with E-state index in [0.717, 1.165) is 10.2 Å². The molecule has 1 heterocycles. The maximum atomic E-state index is 5.48. The molecule has 0 fully saturated rings. The summed E-state index contributed by atoms with van der Waals surface area (Å²) in [6.45, 7) is 2.71. The minimum atomic E-state index is 0.709. The standard InChI is InChI=1S/C10H8BrIOS/c1-2-13-6-3-8(11)7-5-10(12)14-9(7)4-6/h3-5H,2H2,1H3. The molecule has 2 aromatic rings. The van der Waals surface area contributed by atoms with Gasteiger partial charge in [0.2, 0.25) is 0 Å². The lowest BCUT2D eigenvalue weighted by atomic mass is 10.2. The number of rotatable bonds is 2. The van der Waals surface area contributed by atoms with Crippen LogP contribution in [0.25, 0.3) is 10.1 Å². The van der Waals surface area contributed by atoms with Crippen LogP contribution in [0.4, 0.5) is 0 Å². The van der Waals surface area contributed by atoms with Gasteiger partial charge in [-0.3, -0.25) is 0 Å². The third-order valence-corrected chi connectivity index (χ3v) is 4.34. The fraction of sp³-hybridized carbons (Fsp3) is 0.200. The van der Waals surface area contributed by atoms with E-state index in [1.54, 1.807) is 11.3 Å². The summed E-state index contributed by atoms with van der Waals surface area (Å²) in [6, 6.07) is 6.30. The van der Waals surface area contributed by atoms with Crippen LogP contribution in [0, 0.1) is 2.88 Å². The molecule has 0 aliphatic carbocycles. The Labute approximate surface area is 109 Å². The van der Waals surface area contributed by atoms with Crippen molar-refractivity contribution in [1.82, 2.24) is 0 Å². The number of ether oxygens (including phenoxy) is 1. The molecule has 0 radical (unpaired) electrons. The molecule has 0 atom stereocenters. The van der Waals surface area contributed by atoms with E-state index in [-0.39, 0.29) is 0 Å². The molecule has 0 saturated carbocycles. The van der Waals surface area contributed by atoms with E-state index in [0.29, 0.717) is 6.61 Å². The van der Waals surface area contributed by atoms with Crippen molar-refractivity contribution in [3.63, 3.8) is 0 Å². The summed E-state index contributed by atoms with van der Waals surface area (Å²) in [5, 5.41) is 1.27. The van der Waals surface area contributed by atoms with E-state index in [1.807, 2.05) is 13.0 Å². The first-order valence-corrected chi connectivity index (χ1v) is 6.91. The zero-order valence-electron chi connectivity index (χ0n) is 7.51. The Bertz CT molecular complexity index is 466. The lowest BCUT2D eigenvalue weighted by Crippen LogP contribution is -1.90. The summed E-state index contributed by atoms with van der Waals surface area (Å²) < 4.78 is 9.16. The molecule has 14 heavy (non-hydrogen) atoms. The van der Waals surface area contributed by atoms with Crippen molar-refractivity contribution < 1.29 is 4.74 Å². The van der Waals surface area contributed by atoms with Crippen molar-refractivity contribution >= 4 is 59.9 Å². The van der Waals surface area contributed by atoms with Crippen LogP contribution < -0.4 is 4.74 Å². The first-order chi connectivity index (χ1) is 6.70. The molecular formula is C10H8BrIOS. The minimum absolute atomic E-state index is 0.709. The Morgan fingerprint density at radius 3 is 2.93 bits per heavy atom. The van der Waals surface area contributed by atoms with Crippen LogP contribution in [0.5, 0.6) is 5.75 Å². The van der Waals surface area contributed by atoms with Gasteiger partial charge in [0.25, 0.3) is 0 Å². The largest absolute Gasteiger partial charge is 0.494 e. The van der Waals surface area contributed by atoms with E-state index in [2.05, 4.69) is 50.7 Å². The quantitative estimate of drug-likeness (QED) is 0.686. The van der Waals surface area contributed by atoms with Crippen LogP contribution in [0.15, 0.2) is 22.7 Å². The number of thiophene rings is 1. The average Bonchev–Trinajstić information content (AvgIpc) is 2.47. The summed E-state index contributed by atoms with van der Waals surface area (Å²) >= 11 is 7.68. The molecule has 4 heteroatoms. The Balaban J connectivity index is 2.59. The fourth-order valence-corrected chi connectivity index (χ4v) is 3.84. The van der Waals surface area contributed by atoms with Crippen LogP contribution in [-0.4, -0.2) is 6.61 Å². The summed E-state index contributed by atoms with van der Waals surface area (Å²) in [4.78, 5) is 0. The Morgan fingerprint density at radius 1 is 1.43 bits per heavy atom. The van der Waals surface area contributed by atoms with Crippen LogP contribution >= 0.6 is 49.9 Å². The third-order valence-electron chi connectivity index (χ3n) is 1.84. The van der Waals surface area contributed by atoms with E-state index in [1.165, 1.54) is 13.0 Å². The molecule has 0 unspecified atom stereocenters. The van der Waals surface area contributed by atoms with Gasteiger partial charge in [0.15, 0.2) is 0 Å². The predicted octanol–water partition coefficient (Wildman–Crippen LogP) is 4.67. The Hall–Kier alpha value is 0.190. The monoisotopic (exact) mass is 382 g/mol. The minimum Gasteiger partial charge on any atom is -0.494 e. The first kappa shape index (κ1) is 10.7. The molecule has 1 nitrogen and oxygen atoms in total. The number of hydrogen-bond donors (Lipinski definition) is 0. The van der Waals surface area contributed by atoms with Gasteiger partial charge in [-0.25, -0.2) is 0 Å². The maximum Gasteiger partial charge on any atom is 0.121 e. The van der Waals surface area contributed by atoms with Crippen LogP contribution in [0.1, 0.15) is 6.92 Å². The van der Waals surface area contributed by atoms with Gasteiger partial charge in [-0.2, -0.15) is 0 Å². The van der Waals surface area contributed by atoms with E-state index in [9.17, 15) is 0 Å². The summed E-state index contributed by atoms with van der Waals surface area (Å²) in [7, 11) is 0. The summed E-state index contributed by atoms with van der Waals surface area (Å²) in [5.41, 5.74) is 0. The topological polar surface area (TPSA) is 9.23 Å². The Morgan fingerprint density at radius 2 is 2.21 bits per heavy atom. The van der Waals surface area contributed by atoms with Crippen LogP contribution in [0.3, 0.4) is 0 Å². The van der Waals surface area contributed by atoms with Gasteiger partial charge >= 0.3 is 0 Å². The third kappa shape index (κ3) is 2.06. The molecule has 1 aromatic heterocycles. The van der Waals surface area contributed by atoms with Crippen molar-refractivity contribution in [2.75, 3.05) is 6.61 Å². The predicted molar refractivity (Wildman–Crippen MR) is 73.4 cm³/mol. The second-order valence-electron chi connectivity index (χ2n) is 2.80. The highest BCUT2D eigenvalue weighted by Crippen LogP contribution is 2.35. The van der Waals surface area contributed by atoms with Gasteiger partial charge in [0.1, 0.15) is 5.75 Å². The zero-order chi connectivity index (χ0) is 10.1. The van der Waals surface area contributed by atoms with E-state index >= 15 is 0 Å². The molecule has 0 N–H and O–H groups in total. The van der Waals surface area contributed by atoms with E-state index in [4.69, 9.17) is 4.74 Å². The van der Waals surface area contributed by atoms with Crippen molar-refractivity contribution in [2.45, 2.75) is 6.92 Å². The van der Waals surface area contributed by atoms with Gasteiger partial charge in [-0.05, 0) is 63.6 Å². The summed E-state index contributed by atoms with van der Waals surface area (Å²) in [5.74, 6) is 0.935. The van der Waals surface area contributed by atoms with Crippen molar-refractivity contribution in [1.29, 1.82) is 0 Å². The zero-order valence-corrected chi connectivity index (χ0v) is 12.1. The number of fused-ring (bicyclic) bond motifs is 1. The van der Waals surface area contributed by atoms with Crippen LogP contribution in [0.2, 0.25) is 0 Å². The first-order valence-electron chi connectivity index (χ1n) is 4.22. The van der Waals surface area contributed by atoms with Gasteiger partial charge in [0, 0.05) is 14.6 Å². The van der Waals surface area contributed by atoms with Gasteiger partial charge < -0.3 is 4.74 Å². The van der Waals surface area contributed by atoms with Gasteiger partial charge in [-0.1, -0.05) is 0 Å². The smallest absolute Gasteiger partial charge is 0.121 e. The summed E-state index contributed by atoms with van der Waals surface area (Å²) in [6.07, 6.45) is 0. The number of hydrogen-bond acceptors (Lipinski definition) is 2. The lowest BCUT2D eigenvalue weighted by Gasteiger charge is -2.03. The Kier molecular flexibility index (Phi) is 3.34. The second kappa shape index (κ2) is 4.37. The molecular weight excluding hydrogens is 375 g/mol. The molecule has 0 spiro atoms. The van der Waals surface area contributed by atoms with Gasteiger partial charge in [0.05, 0.1) is 9.49 Å². The fourth-order valence-electron chi connectivity index (χ4n) is 1.29. The average molecular weight is 383 g/mol. The maximum absolute atomic E-state index is 5.48. The van der Waals surface area contributed by atoms with Crippen molar-refractivity contribution in [2.24, 2.45) is 0 Å². The highest BCUT2D eigenvalue weighted by molar-refractivity contribution is 14.1. The molecule has 0 amide bonds. The van der Waals surface area contributed by atoms with Gasteiger partial charge in [-0.15, -0.1) is 11.3 Å². The second-order valence-corrected chi connectivity index (χ2v) is 6.63. The lowest BCUT2D eigenvalue weighted by molar-refractivity contribution is 0.340. The molecule has 1 aromatic carbocycles. The van der Waals surface area contributed by atoms with E-state index < -0.39 is 0 Å². The highest BCUT2D eigenvalue weighted by atomic mass is 127. The number of halogens is 2. The highest BCUT2D eigenvalue weighted by Gasteiger charge is 2.06. The molecule has 0 aliphatic rings.